The summed E-state index contributed by atoms with van der Waals surface area (Å²) in [5, 5.41) is 12.2. The summed E-state index contributed by atoms with van der Waals surface area (Å²) in [6, 6.07) is 10.3. The fourth-order valence-electron chi connectivity index (χ4n) is 1.56. The third-order valence-electron chi connectivity index (χ3n) is 2.56. The second kappa shape index (κ2) is 5.58. The van der Waals surface area contributed by atoms with Gasteiger partial charge in [0.1, 0.15) is 10.9 Å². The molecule has 0 radical (unpaired) electrons. The van der Waals surface area contributed by atoms with Gasteiger partial charge in [-0.1, -0.05) is 0 Å². The molecule has 0 amide bonds. The van der Waals surface area contributed by atoms with Gasteiger partial charge in [-0.3, -0.25) is 4.98 Å². The Morgan fingerprint density at radius 3 is 2.76 bits per heavy atom. The van der Waals surface area contributed by atoms with Gasteiger partial charge in [-0.05, 0) is 36.8 Å². The predicted octanol–water partition coefficient (Wildman–Crippen LogP) is 2.87. The summed E-state index contributed by atoms with van der Waals surface area (Å²) in [7, 11) is 0. The van der Waals surface area contributed by atoms with Crippen LogP contribution in [0.5, 0.6) is 0 Å². The molecule has 0 aliphatic rings. The quantitative estimate of drug-likeness (QED) is 0.898. The van der Waals surface area contributed by atoms with Gasteiger partial charge in [0.2, 0.25) is 0 Å². The number of rotatable bonds is 4. The fraction of sp³-hybridized carbons (Fsp3) is 0.231. The van der Waals surface area contributed by atoms with Crippen molar-refractivity contribution in [3.8, 4) is 6.07 Å². The summed E-state index contributed by atoms with van der Waals surface area (Å²) in [5.41, 5.74) is 1.22. The van der Waals surface area contributed by atoms with Gasteiger partial charge in [-0.2, -0.15) is 5.26 Å². The van der Waals surface area contributed by atoms with Crippen LogP contribution in [0, 0.1) is 11.3 Å². The first-order valence-corrected chi connectivity index (χ1v) is 6.23. The standard InChI is InChI=1S/C13H13N3S/c1-10(11-4-6-15-7-5-11)16-9-13-3-2-12(8-14)17-13/h2-7,10,16H,9H2,1H3/t10-/m1/s1. The van der Waals surface area contributed by atoms with Crippen molar-refractivity contribution in [1.82, 2.24) is 10.3 Å². The van der Waals surface area contributed by atoms with Crippen LogP contribution in [0.25, 0.3) is 0 Å². The predicted molar refractivity (Wildman–Crippen MR) is 68.5 cm³/mol. The molecule has 0 unspecified atom stereocenters. The van der Waals surface area contributed by atoms with E-state index in [2.05, 4.69) is 23.3 Å². The number of nitriles is 1. The van der Waals surface area contributed by atoms with Gasteiger partial charge in [0.25, 0.3) is 0 Å². The van der Waals surface area contributed by atoms with E-state index in [9.17, 15) is 0 Å². The van der Waals surface area contributed by atoms with E-state index in [0.29, 0.717) is 0 Å². The lowest BCUT2D eigenvalue weighted by molar-refractivity contribution is 0.578. The minimum Gasteiger partial charge on any atom is -0.305 e. The molecule has 0 aliphatic heterocycles. The first-order chi connectivity index (χ1) is 8.29. The Morgan fingerprint density at radius 1 is 1.35 bits per heavy atom. The average Bonchev–Trinajstić information content (AvgIpc) is 2.85. The van der Waals surface area contributed by atoms with Crippen molar-refractivity contribution in [2.24, 2.45) is 0 Å². The van der Waals surface area contributed by atoms with Gasteiger partial charge >= 0.3 is 0 Å². The Kier molecular flexibility index (Phi) is 3.86. The molecule has 0 spiro atoms. The van der Waals surface area contributed by atoms with Crippen LogP contribution in [0.4, 0.5) is 0 Å². The maximum absolute atomic E-state index is 8.74. The molecule has 1 N–H and O–H groups in total. The van der Waals surface area contributed by atoms with E-state index in [-0.39, 0.29) is 6.04 Å². The molecule has 0 fully saturated rings. The highest BCUT2D eigenvalue weighted by atomic mass is 32.1. The van der Waals surface area contributed by atoms with Crippen molar-refractivity contribution < 1.29 is 0 Å². The van der Waals surface area contributed by atoms with E-state index < -0.39 is 0 Å². The highest BCUT2D eigenvalue weighted by Gasteiger charge is 2.05. The lowest BCUT2D eigenvalue weighted by Gasteiger charge is -2.12. The summed E-state index contributed by atoms with van der Waals surface area (Å²) < 4.78 is 0. The Balaban J connectivity index is 1.92. The Hall–Kier alpha value is -1.70. The van der Waals surface area contributed by atoms with E-state index >= 15 is 0 Å². The Morgan fingerprint density at radius 2 is 2.12 bits per heavy atom. The monoisotopic (exact) mass is 243 g/mol. The summed E-state index contributed by atoms with van der Waals surface area (Å²) in [4.78, 5) is 5.94. The van der Waals surface area contributed by atoms with Crippen LogP contribution in [0.2, 0.25) is 0 Å². The van der Waals surface area contributed by atoms with Gasteiger partial charge in [0.15, 0.2) is 0 Å². The number of pyridine rings is 1. The highest BCUT2D eigenvalue weighted by Crippen LogP contribution is 2.17. The van der Waals surface area contributed by atoms with Crippen LogP contribution in [0.3, 0.4) is 0 Å². The molecule has 0 bridgehead atoms. The Labute approximate surface area is 105 Å². The van der Waals surface area contributed by atoms with Crippen LogP contribution in [0.15, 0.2) is 36.7 Å². The zero-order chi connectivity index (χ0) is 12.1. The second-order valence-electron chi connectivity index (χ2n) is 3.76. The molecule has 0 aliphatic carbocycles. The van der Waals surface area contributed by atoms with Crippen molar-refractivity contribution in [2.45, 2.75) is 19.5 Å². The summed E-state index contributed by atoms with van der Waals surface area (Å²) in [6.07, 6.45) is 3.60. The van der Waals surface area contributed by atoms with Crippen molar-refractivity contribution in [3.63, 3.8) is 0 Å². The largest absolute Gasteiger partial charge is 0.305 e. The number of hydrogen-bond donors (Lipinski definition) is 1. The number of hydrogen-bond acceptors (Lipinski definition) is 4. The van der Waals surface area contributed by atoms with Crippen LogP contribution in [0.1, 0.15) is 28.3 Å². The molecule has 0 aromatic carbocycles. The van der Waals surface area contributed by atoms with Crippen molar-refractivity contribution >= 4 is 11.3 Å². The molecule has 0 saturated heterocycles. The van der Waals surface area contributed by atoms with E-state index in [1.54, 1.807) is 12.4 Å². The first-order valence-electron chi connectivity index (χ1n) is 5.41. The molecule has 2 aromatic heterocycles. The van der Waals surface area contributed by atoms with Gasteiger partial charge in [-0.25, -0.2) is 0 Å². The fourth-order valence-corrected chi connectivity index (χ4v) is 2.31. The maximum Gasteiger partial charge on any atom is 0.110 e. The topological polar surface area (TPSA) is 48.7 Å². The van der Waals surface area contributed by atoms with Crippen LogP contribution < -0.4 is 5.32 Å². The van der Waals surface area contributed by atoms with E-state index in [0.717, 1.165) is 11.4 Å². The third kappa shape index (κ3) is 3.13. The van der Waals surface area contributed by atoms with E-state index in [4.69, 9.17) is 5.26 Å². The summed E-state index contributed by atoms with van der Waals surface area (Å²) in [6.45, 7) is 2.91. The second-order valence-corrected chi connectivity index (χ2v) is 4.93. The van der Waals surface area contributed by atoms with Crippen molar-refractivity contribution in [1.29, 1.82) is 5.26 Å². The van der Waals surface area contributed by atoms with E-state index in [1.807, 2.05) is 24.3 Å². The number of nitrogens with zero attached hydrogens (tertiary/aromatic N) is 2. The van der Waals surface area contributed by atoms with Gasteiger partial charge in [0.05, 0.1) is 0 Å². The molecule has 0 saturated carbocycles. The first kappa shape index (κ1) is 11.8. The Bertz CT molecular complexity index is 513. The molecule has 3 nitrogen and oxygen atoms in total. The lowest BCUT2D eigenvalue weighted by atomic mass is 10.1. The van der Waals surface area contributed by atoms with Crippen LogP contribution in [-0.2, 0) is 6.54 Å². The van der Waals surface area contributed by atoms with Gasteiger partial charge in [-0.15, -0.1) is 11.3 Å². The van der Waals surface area contributed by atoms with Gasteiger partial charge in [0, 0.05) is 29.9 Å². The minimum atomic E-state index is 0.283. The normalized spacial score (nSPS) is 12.0. The third-order valence-corrected chi connectivity index (χ3v) is 3.55. The smallest absolute Gasteiger partial charge is 0.110 e. The highest BCUT2D eigenvalue weighted by molar-refractivity contribution is 7.12. The van der Waals surface area contributed by atoms with Crippen molar-refractivity contribution in [3.05, 3.63) is 52.0 Å². The van der Waals surface area contributed by atoms with Gasteiger partial charge < -0.3 is 5.32 Å². The molecule has 2 heterocycles. The lowest BCUT2D eigenvalue weighted by Crippen LogP contribution is -2.17. The van der Waals surface area contributed by atoms with E-state index in [1.165, 1.54) is 21.8 Å². The SMILES string of the molecule is C[C@@H](NCc1ccc(C#N)s1)c1ccncc1. The van der Waals surface area contributed by atoms with Crippen molar-refractivity contribution in [2.75, 3.05) is 0 Å². The maximum atomic E-state index is 8.74. The summed E-state index contributed by atoms with van der Waals surface area (Å²) in [5.74, 6) is 0. The molecule has 1 atom stereocenters. The molecule has 4 heteroatoms. The number of nitrogens with one attached hydrogen (secondary N) is 1. The average molecular weight is 243 g/mol. The molecular weight excluding hydrogens is 230 g/mol. The summed E-state index contributed by atoms with van der Waals surface area (Å²) >= 11 is 1.53. The molecule has 86 valence electrons. The van der Waals surface area contributed by atoms with Crippen LogP contribution in [-0.4, -0.2) is 4.98 Å². The zero-order valence-electron chi connectivity index (χ0n) is 9.55. The minimum absolute atomic E-state index is 0.283. The number of thiophene rings is 1. The molecular formula is C13H13N3S. The zero-order valence-corrected chi connectivity index (χ0v) is 10.4. The molecule has 17 heavy (non-hydrogen) atoms. The molecule has 2 aromatic rings. The number of aromatic nitrogens is 1. The molecule has 2 rings (SSSR count). The van der Waals surface area contributed by atoms with Crippen LogP contribution >= 0.6 is 11.3 Å².